The summed E-state index contributed by atoms with van der Waals surface area (Å²) in [5, 5.41) is 0. The fourth-order valence-electron chi connectivity index (χ4n) is 3.48. The molecule has 0 N–H and O–H groups in total. The summed E-state index contributed by atoms with van der Waals surface area (Å²) in [5.74, 6) is 0.579. The van der Waals surface area contributed by atoms with E-state index in [0.717, 1.165) is 44.4 Å². The highest BCUT2D eigenvalue weighted by Crippen LogP contribution is 2.30. The Hall–Kier alpha value is -1.06. The van der Waals surface area contributed by atoms with Gasteiger partial charge in [0.1, 0.15) is 0 Å². The number of hydrogen-bond acceptors (Lipinski definition) is 4. The first-order valence-electron chi connectivity index (χ1n) is 10.4. The van der Waals surface area contributed by atoms with E-state index >= 15 is 0 Å². The summed E-state index contributed by atoms with van der Waals surface area (Å²) in [6.07, 6.45) is 11.6. The minimum Gasteiger partial charge on any atom is -0.466 e. The van der Waals surface area contributed by atoms with Crippen LogP contribution in [0.25, 0.3) is 0 Å². The van der Waals surface area contributed by atoms with Crippen molar-refractivity contribution in [1.82, 2.24) is 0 Å². The summed E-state index contributed by atoms with van der Waals surface area (Å²) in [6.45, 7) is 7.35. The maximum absolute atomic E-state index is 12.1. The van der Waals surface area contributed by atoms with E-state index in [0.29, 0.717) is 13.2 Å². The van der Waals surface area contributed by atoms with Crippen LogP contribution in [0.5, 0.6) is 0 Å². The molecular weight excluding hydrogens is 316 g/mol. The minimum atomic E-state index is -0.109. The molecular formula is C21H38O4. The molecule has 0 aromatic heterocycles. The highest BCUT2D eigenvalue weighted by atomic mass is 16.5. The minimum absolute atomic E-state index is 0.0262. The predicted molar refractivity (Wildman–Crippen MR) is 100 cm³/mol. The van der Waals surface area contributed by atoms with Gasteiger partial charge < -0.3 is 9.47 Å². The molecule has 0 amide bonds. The van der Waals surface area contributed by atoms with E-state index in [-0.39, 0.29) is 23.8 Å². The van der Waals surface area contributed by atoms with E-state index in [1.54, 1.807) is 0 Å². The Morgan fingerprint density at radius 2 is 1.28 bits per heavy atom. The van der Waals surface area contributed by atoms with Gasteiger partial charge in [-0.15, -0.1) is 0 Å². The molecule has 146 valence electrons. The second-order valence-electron chi connectivity index (χ2n) is 7.77. The van der Waals surface area contributed by atoms with Crippen molar-refractivity contribution < 1.29 is 19.1 Å². The topological polar surface area (TPSA) is 52.6 Å². The zero-order chi connectivity index (χ0) is 18.5. The lowest BCUT2D eigenvalue weighted by Crippen LogP contribution is -2.28. The van der Waals surface area contributed by atoms with Gasteiger partial charge in [-0.2, -0.15) is 0 Å². The largest absolute Gasteiger partial charge is 0.466 e. The molecule has 0 aromatic carbocycles. The third-order valence-corrected chi connectivity index (χ3v) is 5.10. The Balaban J connectivity index is 2.00. The highest BCUT2D eigenvalue weighted by Gasteiger charge is 2.31. The third kappa shape index (κ3) is 9.86. The average Bonchev–Trinajstić information content (AvgIpc) is 2.60. The van der Waals surface area contributed by atoms with Crippen LogP contribution in [0.4, 0.5) is 0 Å². The summed E-state index contributed by atoms with van der Waals surface area (Å²) in [5.41, 5.74) is 0. The molecule has 0 radical (unpaired) electrons. The lowest BCUT2D eigenvalue weighted by atomic mass is 9.82. The SMILES string of the molecule is CCOC(=O)C1CCC(C(=O)OCCCCCCCCC(C)C)CC1. The molecule has 0 atom stereocenters. The normalized spacial score (nSPS) is 20.5. The molecule has 1 fully saturated rings. The summed E-state index contributed by atoms with van der Waals surface area (Å²) < 4.78 is 10.5. The quantitative estimate of drug-likeness (QED) is 0.353. The molecule has 0 spiro atoms. The van der Waals surface area contributed by atoms with Gasteiger partial charge in [-0.25, -0.2) is 0 Å². The van der Waals surface area contributed by atoms with E-state index in [4.69, 9.17) is 9.47 Å². The van der Waals surface area contributed by atoms with Gasteiger partial charge in [-0.3, -0.25) is 9.59 Å². The molecule has 0 bridgehead atoms. The summed E-state index contributed by atoms with van der Waals surface area (Å²) in [4.78, 5) is 23.8. The molecule has 1 rings (SSSR count). The molecule has 0 aliphatic heterocycles. The molecule has 1 aliphatic carbocycles. The first-order chi connectivity index (χ1) is 12.0. The van der Waals surface area contributed by atoms with Gasteiger partial charge >= 0.3 is 11.9 Å². The van der Waals surface area contributed by atoms with Crippen LogP contribution in [-0.4, -0.2) is 25.2 Å². The van der Waals surface area contributed by atoms with Gasteiger partial charge in [0.05, 0.1) is 25.0 Å². The molecule has 25 heavy (non-hydrogen) atoms. The van der Waals surface area contributed by atoms with E-state index in [9.17, 15) is 9.59 Å². The number of unbranched alkanes of at least 4 members (excludes halogenated alkanes) is 5. The molecule has 4 nitrogen and oxygen atoms in total. The molecule has 0 heterocycles. The average molecular weight is 355 g/mol. The van der Waals surface area contributed by atoms with Crippen LogP contribution in [0.1, 0.15) is 91.4 Å². The molecule has 1 saturated carbocycles. The second-order valence-corrected chi connectivity index (χ2v) is 7.77. The molecule has 0 unspecified atom stereocenters. The zero-order valence-corrected chi connectivity index (χ0v) is 16.6. The van der Waals surface area contributed by atoms with Crippen LogP contribution in [0.3, 0.4) is 0 Å². The van der Waals surface area contributed by atoms with Crippen LogP contribution in [-0.2, 0) is 19.1 Å². The van der Waals surface area contributed by atoms with Crippen LogP contribution < -0.4 is 0 Å². The standard InChI is InChI=1S/C21H38O4/c1-4-24-20(22)18-12-14-19(15-13-18)21(23)25-16-10-8-6-5-7-9-11-17(2)3/h17-19H,4-16H2,1-3H3. The monoisotopic (exact) mass is 354 g/mol. The van der Waals surface area contributed by atoms with Gasteiger partial charge in [-0.05, 0) is 44.9 Å². The van der Waals surface area contributed by atoms with Gasteiger partial charge in [-0.1, -0.05) is 52.4 Å². The number of carbonyl (C=O) groups is 2. The Kier molecular flexibility index (Phi) is 11.6. The van der Waals surface area contributed by atoms with Gasteiger partial charge in [0, 0.05) is 0 Å². The Morgan fingerprint density at radius 1 is 0.800 bits per heavy atom. The summed E-state index contributed by atoms with van der Waals surface area (Å²) in [7, 11) is 0. The van der Waals surface area contributed by atoms with E-state index in [2.05, 4.69) is 13.8 Å². The molecule has 0 saturated heterocycles. The van der Waals surface area contributed by atoms with Crippen molar-refractivity contribution >= 4 is 11.9 Å². The Bertz CT molecular complexity index is 370. The summed E-state index contributed by atoms with van der Waals surface area (Å²) in [6, 6.07) is 0. The van der Waals surface area contributed by atoms with Gasteiger partial charge in [0.25, 0.3) is 0 Å². The lowest BCUT2D eigenvalue weighted by Gasteiger charge is -2.25. The number of hydrogen-bond donors (Lipinski definition) is 0. The maximum atomic E-state index is 12.1. The number of ether oxygens (including phenoxy) is 2. The maximum Gasteiger partial charge on any atom is 0.308 e. The van der Waals surface area contributed by atoms with E-state index < -0.39 is 0 Å². The number of esters is 2. The predicted octanol–water partition coefficient (Wildman–Crippen LogP) is 5.29. The fourth-order valence-corrected chi connectivity index (χ4v) is 3.48. The van der Waals surface area contributed by atoms with Gasteiger partial charge in [0.15, 0.2) is 0 Å². The first-order valence-corrected chi connectivity index (χ1v) is 10.4. The lowest BCUT2D eigenvalue weighted by molar-refractivity contribution is -0.155. The smallest absolute Gasteiger partial charge is 0.308 e. The van der Waals surface area contributed by atoms with Crippen molar-refractivity contribution in [3.63, 3.8) is 0 Å². The van der Waals surface area contributed by atoms with Crippen LogP contribution >= 0.6 is 0 Å². The van der Waals surface area contributed by atoms with Crippen molar-refractivity contribution in [1.29, 1.82) is 0 Å². The van der Waals surface area contributed by atoms with Crippen molar-refractivity contribution in [2.24, 2.45) is 17.8 Å². The van der Waals surface area contributed by atoms with Crippen molar-refractivity contribution in [2.75, 3.05) is 13.2 Å². The number of rotatable bonds is 12. The van der Waals surface area contributed by atoms with Gasteiger partial charge in [0.2, 0.25) is 0 Å². The first kappa shape index (κ1) is 22.0. The molecule has 1 aliphatic rings. The zero-order valence-electron chi connectivity index (χ0n) is 16.6. The number of carbonyl (C=O) groups excluding carboxylic acids is 2. The summed E-state index contributed by atoms with van der Waals surface area (Å²) >= 11 is 0. The van der Waals surface area contributed by atoms with Crippen LogP contribution in [0.2, 0.25) is 0 Å². The fraction of sp³-hybridized carbons (Fsp3) is 0.905. The second kappa shape index (κ2) is 13.2. The van der Waals surface area contributed by atoms with Crippen LogP contribution in [0.15, 0.2) is 0 Å². The van der Waals surface area contributed by atoms with Crippen molar-refractivity contribution in [2.45, 2.75) is 91.4 Å². The van der Waals surface area contributed by atoms with Crippen LogP contribution in [0, 0.1) is 17.8 Å². The van der Waals surface area contributed by atoms with E-state index in [1.165, 1.54) is 32.1 Å². The van der Waals surface area contributed by atoms with E-state index in [1.807, 2.05) is 6.92 Å². The third-order valence-electron chi connectivity index (χ3n) is 5.10. The highest BCUT2D eigenvalue weighted by molar-refractivity contribution is 5.75. The Morgan fingerprint density at radius 3 is 1.80 bits per heavy atom. The van der Waals surface area contributed by atoms with Crippen molar-refractivity contribution in [3.05, 3.63) is 0 Å². The van der Waals surface area contributed by atoms with Crippen molar-refractivity contribution in [3.8, 4) is 0 Å². The molecule has 4 heteroatoms. The molecule has 0 aromatic rings. The Labute approximate surface area is 154 Å².